The van der Waals surface area contributed by atoms with Crippen LogP contribution in [0.15, 0.2) is 18.2 Å². The number of hydrogen-bond donors (Lipinski definition) is 0. The van der Waals surface area contributed by atoms with Crippen LogP contribution >= 0.6 is 39.1 Å². The molecule has 0 aromatic heterocycles. The lowest BCUT2D eigenvalue weighted by atomic mass is 9.99. The molecule has 1 fully saturated rings. The normalized spacial score (nSPS) is 24.8. The van der Waals surface area contributed by atoms with Crippen molar-refractivity contribution in [3.8, 4) is 0 Å². The molecule has 0 bridgehead atoms. The maximum atomic E-state index is 11.4. The zero-order valence-corrected chi connectivity index (χ0v) is 12.8. The first-order chi connectivity index (χ1) is 7.89. The standard InChI is InChI=1S/C11H11BrCl2O2S/c12-11(7-3-4-17(15,16)6-7)9-5-8(13)1-2-10(9)14/h1-2,5,7,11H,3-4,6H2. The van der Waals surface area contributed by atoms with Crippen LogP contribution < -0.4 is 0 Å². The van der Waals surface area contributed by atoms with Gasteiger partial charge in [0.15, 0.2) is 9.84 Å². The van der Waals surface area contributed by atoms with Gasteiger partial charge in [0, 0.05) is 14.9 Å². The average Bonchev–Trinajstić information content (AvgIpc) is 2.61. The molecule has 0 N–H and O–H groups in total. The predicted octanol–water partition coefficient (Wildman–Crippen LogP) is 3.86. The second kappa shape index (κ2) is 5.08. The van der Waals surface area contributed by atoms with E-state index in [1.165, 1.54) is 0 Å². The molecule has 1 heterocycles. The van der Waals surface area contributed by atoms with Crippen LogP contribution in [-0.2, 0) is 9.84 Å². The molecule has 1 aliphatic heterocycles. The van der Waals surface area contributed by atoms with E-state index in [2.05, 4.69) is 15.9 Å². The summed E-state index contributed by atoms with van der Waals surface area (Å²) < 4.78 is 22.9. The van der Waals surface area contributed by atoms with Crippen molar-refractivity contribution in [2.45, 2.75) is 11.2 Å². The van der Waals surface area contributed by atoms with Crippen LogP contribution in [0.2, 0.25) is 10.0 Å². The van der Waals surface area contributed by atoms with E-state index in [1.54, 1.807) is 18.2 Å². The smallest absolute Gasteiger partial charge is 0.150 e. The van der Waals surface area contributed by atoms with Gasteiger partial charge in [-0.05, 0) is 36.1 Å². The fourth-order valence-electron chi connectivity index (χ4n) is 2.03. The molecule has 2 rings (SSSR count). The molecule has 0 spiro atoms. The Hall–Kier alpha value is 0.230. The molecule has 1 saturated heterocycles. The van der Waals surface area contributed by atoms with E-state index in [0.29, 0.717) is 16.5 Å². The average molecular weight is 358 g/mol. The summed E-state index contributed by atoms with van der Waals surface area (Å²) in [5.41, 5.74) is 0.862. The molecule has 17 heavy (non-hydrogen) atoms. The Morgan fingerprint density at radius 2 is 2.06 bits per heavy atom. The van der Waals surface area contributed by atoms with E-state index in [1.807, 2.05) is 0 Å². The molecule has 94 valence electrons. The van der Waals surface area contributed by atoms with Gasteiger partial charge in [-0.25, -0.2) is 8.42 Å². The van der Waals surface area contributed by atoms with Gasteiger partial charge < -0.3 is 0 Å². The van der Waals surface area contributed by atoms with Gasteiger partial charge in [-0.2, -0.15) is 0 Å². The van der Waals surface area contributed by atoms with E-state index in [4.69, 9.17) is 23.2 Å². The van der Waals surface area contributed by atoms with E-state index in [0.717, 1.165) is 5.56 Å². The van der Waals surface area contributed by atoms with Crippen molar-refractivity contribution in [1.29, 1.82) is 0 Å². The van der Waals surface area contributed by atoms with Gasteiger partial charge in [-0.15, -0.1) is 0 Å². The lowest BCUT2D eigenvalue weighted by Crippen LogP contribution is -2.10. The van der Waals surface area contributed by atoms with E-state index in [9.17, 15) is 8.42 Å². The fourth-order valence-corrected chi connectivity index (χ4v) is 5.50. The predicted molar refractivity (Wildman–Crippen MR) is 74.9 cm³/mol. The van der Waals surface area contributed by atoms with Crippen LogP contribution in [0.25, 0.3) is 0 Å². The molecular weight excluding hydrogens is 347 g/mol. The highest BCUT2D eigenvalue weighted by atomic mass is 79.9. The maximum Gasteiger partial charge on any atom is 0.150 e. The molecule has 1 aromatic carbocycles. The number of alkyl halides is 1. The highest BCUT2D eigenvalue weighted by Gasteiger charge is 2.34. The Balaban J connectivity index is 2.26. The van der Waals surface area contributed by atoms with Crippen LogP contribution in [0.5, 0.6) is 0 Å². The molecule has 1 aliphatic rings. The van der Waals surface area contributed by atoms with E-state index in [-0.39, 0.29) is 22.3 Å². The number of benzene rings is 1. The second-order valence-corrected chi connectivity index (χ2v) is 8.29. The number of hydrogen-bond acceptors (Lipinski definition) is 2. The highest BCUT2D eigenvalue weighted by molar-refractivity contribution is 9.09. The molecule has 6 heteroatoms. The zero-order valence-electron chi connectivity index (χ0n) is 8.87. The van der Waals surface area contributed by atoms with E-state index >= 15 is 0 Å². The Bertz CT molecular complexity index is 530. The van der Waals surface area contributed by atoms with Crippen LogP contribution in [0.3, 0.4) is 0 Å². The maximum absolute atomic E-state index is 11.4. The first-order valence-electron chi connectivity index (χ1n) is 5.18. The Morgan fingerprint density at radius 3 is 2.65 bits per heavy atom. The van der Waals surface area contributed by atoms with Crippen LogP contribution in [0, 0.1) is 5.92 Å². The largest absolute Gasteiger partial charge is 0.229 e. The molecule has 1 aromatic rings. The minimum Gasteiger partial charge on any atom is -0.229 e. The summed E-state index contributed by atoms with van der Waals surface area (Å²) in [5.74, 6) is 0.542. The van der Waals surface area contributed by atoms with Gasteiger partial charge in [0.25, 0.3) is 0 Å². The summed E-state index contributed by atoms with van der Waals surface area (Å²) in [6.45, 7) is 0. The molecule has 0 amide bonds. The summed E-state index contributed by atoms with van der Waals surface area (Å²) in [6, 6.07) is 5.24. The molecule has 0 aliphatic carbocycles. The lowest BCUT2D eigenvalue weighted by Gasteiger charge is -2.17. The molecular formula is C11H11BrCl2O2S. The quantitative estimate of drug-likeness (QED) is 0.753. The van der Waals surface area contributed by atoms with Gasteiger partial charge in [-0.3, -0.25) is 0 Å². The first kappa shape index (κ1) is 13.7. The summed E-state index contributed by atoms with van der Waals surface area (Å²) in [7, 11) is -2.88. The lowest BCUT2D eigenvalue weighted by molar-refractivity contribution is 0.580. The highest BCUT2D eigenvalue weighted by Crippen LogP contribution is 2.41. The molecule has 2 atom stereocenters. The van der Waals surface area contributed by atoms with Gasteiger partial charge >= 0.3 is 0 Å². The van der Waals surface area contributed by atoms with Crippen molar-refractivity contribution in [1.82, 2.24) is 0 Å². The topological polar surface area (TPSA) is 34.1 Å². The first-order valence-corrected chi connectivity index (χ1v) is 8.68. The minimum absolute atomic E-state index is 0.0639. The van der Waals surface area contributed by atoms with Gasteiger partial charge in [-0.1, -0.05) is 39.1 Å². The van der Waals surface area contributed by atoms with Crippen molar-refractivity contribution in [3.05, 3.63) is 33.8 Å². The number of halogens is 3. The van der Waals surface area contributed by atoms with Crippen LogP contribution in [-0.4, -0.2) is 19.9 Å². The van der Waals surface area contributed by atoms with Gasteiger partial charge in [0.1, 0.15) is 0 Å². The van der Waals surface area contributed by atoms with Crippen molar-refractivity contribution in [2.24, 2.45) is 5.92 Å². The SMILES string of the molecule is O=S1(=O)CCC(C(Br)c2cc(Cl)ccc2Cl)C1. The van der Waals surface area contributed by atoms with Crippen molar-refractivity contribution in [2.75, 3.05) is 11.5 Å². The van der Waals surface area contributed by atoms with Crippen LogP contribution in [0.1, 0.15) is 16.8 Å². The Kier molecular flexibility index (Phi) is 4.08. The summed E-state index contributed by atoms with van der Waals surface area (Å²) in [5, 5.41) is 1.22. The second-order valence-electron chi connectivity index (χ2n) is 4.23. The molecule has 0 radical (unpaired) electrons. The fraction of sp³-hybridized carbons (Fsp3) is 0.455. The molecule has 0 saturated carbocycles. The van der Waals surface area contributed by atoms with Crippen molar-refractivity contribution >= 4 is 49.0 Å². The molecule has 2 nitrogen and oxygen atoms in total. The summed E-state index contributed by atoms with van der Waals surface area (Å²) >= 11 is 15.6. The monoisotopic (exact) mass is 356 g/mol. The van der Waals surface area contributed by atoms with Gasteiger partial charge in [0.2, 0.25) is 0 Å². The third-order valence-corrected chi connectivity index (χ3v) is 6.55. The minimum atomic E-state index is -2.88. The third kappa shape index (κ3) is 3.16. The van der Waals surface area contributed by atoms with Gasteiger partial charge in [0.05, 0.1) is 11.5 Å². The summed E-state index contributed by atoms with van der Waals surface area (Å²) in [4.78, 5) is -0.0639. The summed E-state index contributed by atoms with van der Waals surface area (Å²) in [6.07, 6.45) is 0.668. The van der Waals surface area contributed by atoms with E-state index < -0.39 is 9.84 Å². The van der Waals surface area contributed by atoms with Crippen molar-refractivity contribution in [3.63, 3.8) is 0 Å². The van der Waals surface area contributed by atoms with Crippen LogP contribution in [0.4, 0.5) is 0 Å². The third-order valence-electron chi connectivity index (χ3n) is 2.94. The Labute approximate surface area is 119 Å². The molecule has 2 unspecified atom stereocenters. The number of sulfone groups is 1. The number of rotatable bonds is 2. The zero-order chi connectivity index (χ0) is 12.6. The Morgan fingerprint density at radius 1 is 1.35 bits per heavy atom. The van der Waals surface area contributed by atoms with Crippen molar-refractivity contribution < 1.29 is 8.42 Å².